The first-order chi connectivity index (χ1) is 11.3. The van der Waals surface area contributed by atoms with E-state index in [1.165, 1.54) is 6.33 Å². The molecule has 124 valence electrons. The monoisotopic (exact) mass is 322 g/mol. The second-order valence-electron chi connectivity index (χ2n) is 6.87. The summed E-state index contributed by atoms with van der Waals surface area (Å²) in [4.78, 5) is 11.6. The minimum absolute atomic E-state index is 0.184. The molecule has 0 spiro atoms. The maximum atomic E-state index is 8.56. The van der Waals surface area contributed by atoms with Gasteiger partial charge in [-0.25, -0.2) is 9.97 Å². The number of hydrogen-bond acceptors (Lipinski definition) is 5. The zero-order valence-corrected chi connectivity index (χ0v) is 14.1. The Kier molecular flexibility index (Phi) is 3.97. The average molecular weight is 322 g/mol. The van der Waals surface area contributed by atoms with Crippen LogP contribution in [0.15, 0.2) is 36.8 Å². The van der Waals surface area contributed by atoms with Crippen molar-refractivity contribution >= 4 is 28.3 Å². The molecule has 6 nitrogen and oxygen atoms in total. The molecule has 24 heavy (non-hydrogen) atoms. The summed E-state index contributed by atoms with van der Waals surface area (Å²) >= 11 is 0. The first-order valence-electron chi connectivity index (χ1n) is 7.86. The van der Waals surface area contributed by atoms with E-state index < -0.39 is 0 Å². The number of nitrogen functional groups attached to an aromatic ring is 1. The first kappa shape index (κ1) is 16.0. The van der Waals surface area contributed by atoms with Crippen molar-refractivity contribution in [3.05, 3.63) is 47.9 Å². The summed E-state index contributed by atoms with van der Waals surface area (Å²) in [6.45, 7) is 6.12. The number of aromatic nitrogens is 3. The van der Waals surface area contributed by atoms with Crippen LogP contribution in [0, 0.1) is 5.41 Å². The van der Waals surface area contributed by atoms with Gasteiger partial charge in [-0.1, -0.05) is 18.2 Å². The predicted octanol–water partition coefficient (Wildman–Crippen LogP) is 3.36. The zero-order chi connectivity index (χ0) is 17.3. The number of benzene rings is 1. The van der Waals surface area contributed by atoms with Crippen LogP contribution >= 0.6 is 0 Å². The zero-order valence-electron chi connectivity index (χ0n) is 14.1. The van der Waals surface area contributed by atoms with Crippen molar-refractivity contribution < 1.29 is 0 Å². The van der Waals surface area contributed by atoms with Crippen LogP contribution < -0.4 is 11.1 Å². The van der Waals surface area contributed by atoms with Crippen molar-refractivity contribution in [2.45, 2.75) is 32.7 Å². The van der Waals surface area contributed by atoms with E-state index in [4.69, 9.17) is 11.1 Å². The molecule has 0 amide bonds. The Balaban J connectivity index is 1.95. The summed E-state index contributed by atoms with van der Waals surface area (Å²) in [5.41, 5.74) is 8.94. The van der Waals surface area contributed by atoms with E-state index in [2.05, 4.69) is 20.3 Å². The van der Waals surface area contributed by atoms with Crippen molar-refractivity contribution in [3.8, 4) is 0 Å². The lowest BCUT2D eigenvalue weighted by Crippen LogP contribution is -2.28. The molecule has 3 rings (SSSR count). The standard InChI is InChI=1S/C18H22N6/c1-18(2,3)24-17-15(16(20)22-10-23-17)13(19)8-11-9-21-14-7-5-4-6-12(11)14/h4-7,9-10,19,21H,8H2,1-3H3,(H3,20,22,23,24). The van der Waals surface area contributed by atoms with Gasteiger partial charge in [-0.2, -0.15) is 0 Å². The highest BCUT2D eigenvalue weighted by Gasteiger charge is 2.19. The number of H-pyrrole nitrogens is 1. The summed E-state index contributed by atoms with van der Waals surface area (Å²) in [6.07, 6.45) is 3.82. The molecule has 0 saturated heterocycles. The lowest BCUT2D eigenvalue weighted by atomic mass is 10.0. The number of aromatic amines is 1. The van der Waals surface area contributed by atoms with Crippen LogP contribution in [-0.2, 0) is 6.42 Å². The lowest BCUT2D eigenvalue weighted by molar-refractivity contribution is 0.630. The van der Waals surface area contributed by atoms with E-state index in [0.717, 1.165) is 16.5 Å². The van der Waals surface area contributed by atoms with Crippen LogP contribution in [-0.4, -0.2) is 26.2 Å². The van der Waals surface area contributed by atoms with Gasteiger partial charge in [0, 0.05) is 29.1 Å². The highest BCUT2D eigenvalue weighted by Crippen LogP contribution is 2.25. The molecule has 0 aliphatic rings. The van der Waals surface area contributed by atoms with E-state index in [0.29, 0.717) is 29.3 Å². The molecule has 0 bridgehead atoms. The molecule has 2 heterocycles. The maximum absolute atomic E-state index is 8.56. The van der Waals surface area contributed by atoms with E-state index in [1.807, 2.05) is 51.2 Å². The molecule has 1 aromatic carbocycles. The molecule has 0 atom stereocenters. The smallest absolute Gasteiger partial charge is 0.141 e. The molecule has 0 radical (unpaired) electrons. The van der Waals surface area contributed by atoms with E-state index in [1.54, 1.807) is 0 Å². The summed E-state index contributed by atoms with van der Waals surface area (Å²) < 4.78 is 0. The third kappa shape index (κ3) is 3.22. The second kappa shape index (κ2) is 5.96. The fourth-order valence-electron chi connectivity index (χ4n) is 2.70. The molecular formula is C18H22N6. The number of nitrogens with one attached hydrogen (secondary N) is 3. The number of hydrogen-bond donors (Lipinski definition) is 4. The summed E-state index contributed by atoms with van der Waals surface area (Å²) in [5.74, 6) is 0.918. The van der Waals surface area contributed by atoms with Gasteiger partial charge in [0.25, 0.3) is 0 Å². The molecule has 5 N–H and O–H groups in total. The largest absolute Gasteiger partial charge is 0.383 e. The Morgan fingerprint density at radius 3 is 2.75 bits per heavy atom. The Hall–Kier alpha value is -2.89. The van der Waals surface area contributed by atoms with Crippen LogP contribution in [0.4, 0.5) is 11.6 Å². The van der Waals surface area contributed by atoms with Crippen LogP contribution in [0.1, 0.15) is 31.9 Å². The van der Waals surface area contributed by atoms with E-state index in [9.17, 15) is 0 Å². The number of nitrogens with two attached hydrogens (primary N) is 1. The Bertz CT molecular complexity index is 888. The Morgan fingerprint density at radius 2 is 2.00 bits per heavy atom. The second-order valence-corrected chi connectivity index (χ2v) is 6.87. The lowest BCUT2D eigenvalue weighted by Gasteiger charge is -2.23. The number of para-hydroxylation sites is 1. The quantitative estimate of drug-likeness (QED) is 0.553. The van der Waals surface area contributed by atoms with Crippen LogP contribution in [0.25, 0.3) is 10.9 Å². The Labute approximate surface area is 141 Å². The molecule has 0 aliphatic heterocycles. The fourth-order valence-corrected chi connectivity index (χ4v) is 2.70. The minimum atomic E-state index is -0.184. The van der Waals surface area contributed by atoms with Gasteiger partial charge in [-0.3, -0.25) is 0 Å². The molecular weight excluding hydrogens is 300 g/mol. The average Bonchev–Trinajstić information content (AvgIpc) is 2.89. The molecule has 0 saturated carbocycles. The molecule has 0 fully saturated rings. The van der Waals surface area contributed by atoms with Gasteiger partial charge >= 0.3 is 0 Å². The third-order valence-corrected chi connectivity index (χ3v) is 3.71. The molecule has 0 unspecified atom stereocenters. The topological polar surface area (TPSA) is 103 Å². The van der Waals surface area contributed by atoms with Crippen molar-refractivity contribution in [1.82, 2.24) is 15.0 Å². The highest BCUT2D eigenvalue weighted by molar-refractivity contribution is 6.08. The fraction of sp³-hybridized carbons (Fsp3) is 0.278. The van der Waals surface area contributed by atoms with Crippen molar-refractivity contribution in [3.63, 3.8) is 0 Å². The molecule has 0 aliphatic carbocycles. The van der Waals surface area contributed by atoms with Crippen molar-refractivity contribution in [1.29, 1.82) is 5.41 Å². The van der Waals surface area contributed by atoms with E-state index in [-0.39, 0.29) is 5.54 Å². The van der Waals surface area contributed by atoms with Gasteiger partial charge in [0.1, 0.15) is 18.0 Å². The van der Waals surface area contributed by atoms with Crippen LogP contribution in [0.5, 0.6) is 0 Å². The Morgan fingerprint density at radius 1 is 1.25 bits per heavy atom. The van der Waals surface area contributed by atoms with Crippen molar-refractivity contribution in [2.24, 2.45) is 0 Å². The van der Waals surface area contributed by atoms with Gasteiger partial charge < -0.3 is 21.4 Å². The van der Waals surface area contributed by atoms with Gasteiger partial charge in [0.2, 0.25) is 0 Å². The predicted molar refractivity (Wildman–Crippen MR) is 98.7 cm³/mol. The van der Waals surface area contributed by atoms with Gasteiger partial charge in [-0.15, -0.1) is 0 Å². The van der Waals surface area contributed by atoms with Crippen LogP contribution in [0.3, 0.4) is 0 Å². The summed E-state index contributed by atoms with van der Waals surface area (Å²) in [6, 6.07) is 8.06. The van der Waals surface area contributed by atoms with Gasteiger partial charge in [0.05, 0.1) is 11.3 Å². The number of anilines is 2. The normalized spacial score (nSPS) is 11.6. The third-order valence-electron chi connectivity index (χ3n) is 3.71. The summed E-state index contributed by atoms with van der Waals surface area (Å²) in [5, 5.41) is 13.0. The molecule has 2 aromatic heterocycles. The van der Waals surface area contributed by atoms with Gasteiger partial charge in [-0.05, 0) is 32.4 Å². The molecule has 3 aromatic rings. The van der Waals surface area contributed by atoms with E-state index >= 15 is 0 Å². The highest BCUT2D eigenvalue weighted by atomic mass is 15.1. The van der Waals surface area contributed by atoms with Gasteiger partial charge in [0.15, 0.2) is 0 Å². The molecule has 6 heteroatoms. The number of rotatable bonds is 4. The van der Waals surface area contributed by atoms with Crippen LogP contribution in [0.2, 0.25) is 0 Å². The summed E-state index contributed by atoms with van der Waals surface area (Å²) in [7, 11) is 0. The van der Waals surface area contributed by atoms with Crippen molar-refractivity contribution in [2.75, 3.05) is 11.1 Å². The SMILES string of the molecule is CC(C)(C)Nc1ncnc(N)c1C(=N)Cc1c[nH]c2ccccc12. The number of nitrogens with zero attached hydrogens (tertiary/aromatic N) is 2. The first-order valence-corrected chi connectivity index (χ1v) is 7.86. The maximum Gasteiger partial charge on any atom is 0.141 e. The number of fused-ring (bicyclic) bond motifs is 1. The minimum Gasteiger partial charge on any atom is -0.383 e.